The Kier molecular flexibility index (Phi) is 3.50. The summed E-state index contributed by atoms with van der Waals surface area (Å²) in [6.07, 6.45) is 3.67. The monoisotopic (exact) mass is 176 g/mol. The van der Waals surface area contributed by atoms with Crippen LogP contribution in [0.4, 0.5) is 0 Å². The molecular weight excluding hydrogens is 160 g/mol. The molecule has 0 bridgehead atoms. The minimum absolute atomic E-state index is 0.833. The molecule has 0 unspecified atom stereocenters. The Balaban J connectivity index is 0.000000184. The molecule has 2 rings (SSSR count). The number of hydrogen-bond donors (Lipinski definition) is 1. The fourth-order valence-corrected chi connectivity index (χ4v) is 0.883. The molecule has 0 fully saturated rings. The number of H-pyrrole nitrogens is 1. The Labute approximate surface area is 79.0 Å². The second-order valence-electron chi connectivity index (χ2n) is 3.65. The molecule has 2 nitrogen and oxygen atoms in total. The summed E-state index contributed by atoms with van der Waals surface area (Å²) in [5.41, 5.74) is 2.12. The Bertz CT molecular complexity index is 317. The summed E-state index contributed by atoms with van der Waals surface area (Å²) < 4.78 is 0. The van der Waals surface area contributed by atoms with Gasteiger partial charge in [-0.1, -0.05) is 20.8 Å². The SMILES string of the molecule is CC(C)C.c1cnc2cc[nH]c2c1. The first-order valence-corrected chi connectivity index (χ1v) is 4.58. The van der Waals surface area contributed by atoms with Gasteiger partial charge in [0.25, 0.3) is 0 Å². The van der Waals surface area contributed by atoms with Gasteiger partial charge in [-0.05, 0) is 24.1 Å². The molecule has 0 radical (unpaired) electrons. The lowest BCUT2D eigenvalue weighted by molar-refractivity contribution is 0.737. The summed E-state index contributed by atoms with van der Waals surface area (Å²) in [4.78, 5) is 7.17. The molecule has 0 saturated carbocycles. The van der Waals surface area contributed by atoms with Gasteiger partial charge in [0.05, 0.1) is 11.0 Å². The van der Waals surface area contributed by atoms with E-state index in [-0.39, 0.29) is 0 Å². The van der Waals surface area contributed by atoms with Crippen molar-refractivity contribution in [2.75, 3.05) is 0 Å². The van der Waals surface area contributed by atoms with E-state index in [0.717, 1.165) is 17.0 Å². The second kappa shape index (κ2) is 4.65. The third kappa shape index (κ3) is 3.28. The maximum absolute atomic E-state index is 4.11. The first-order valence-electron chi connectivity index (χ1n) is 4.58. The van der Waals surface area contributed by atoms with Gasteiger partial charge >= 0.3 is 0 Å². The van der Waals surface area contributed by atoms with Gasteiger partial charge in [0, 0.05) is 12.4 Å². The summed E-state index contributed by atoms with van der Waals surface area (Å²) in [5.74, 6) is 0.833. The quantitative estimate of drug-likeness (QED) is 0.656. The maximum Gasteiger partial charge on any atom is 0.0878 e. The number of nitrogens with zero attached hydrogens (tertiary/aromatic N) is 1. The van der Waals surface area contributed by atoms with Crippen LogP contribution in [0.5, 0.6) is 0 Å². The van der Waals surface area contributed by atoms with Gasteiger partial charge < -0.3 is 4.98 Å². The van der Waals surface area contributed by atoms with Crippen molar-refractivity contribution in [1.82, 2.24) is 9.97 Å². The molecule has 0 aliphatic rings. The van der Waals surface area contributed by atoms with Gasteiger partial charge in [0.1, 0.15) is 0 Å². The molecule has 0 atom stereocenters. The number of fused-ring (bicyclic) bond motifs is 1. The van der Waals surface area contributed by atoms with Crippen LogP contribution in [0.25, 0.3) is 11.0 Å². The molecule has 2 aromatic heterocycles. The van der Waals surface area contributed by atoms with E-state index in [1.165, 1.54) is 0 Å². The van der Waals surface area contributed by atoms with Gasteiger partial charge in [0.15, 0.2) is 0 Å². The fraction of sp³-hybridized carbons (Fsp3) is 0.364. The topological polar surface area (TPSA) is 28.7 Å². The fourth-order valence-electron chi connectivity index (χ4n) is 0.883. The summed E-state index contributed by atoms with van der Waals surface area (Å²) >= 11 is 0. The highest BCUT2D eigenvalue weighted by atomic mass is 14.7. The Morgan fingerprint density at radius 2 is 1.92 bits per heavy atom. The number of rotatable bonds is 0. The van der Waals surface area contributed by atoms with Crippen molar-refractivity contribution in [3.63, 3.8) is 0 Å². The van der Waals surface area contributed by atoms with E-state index in [4.69, 9.17) is 0 Å². The number of nitrogens with one attached hydrogen (secondary N) is 1. The molecule has 2 aromatic rings. The number of hydrogen-bond acceptors (Lipinski definition) is 1. The standard InChI is InChI=1S/C7H6N2.C4H10/c1-2-6-7(8-4-1)3-5-9-6;1-4(2)3/h1-5,9H;4H,1-3H3. The van der Waals surface area contributed by atoms with Crippen LogP contribution in [0.2, 0.25) is 0 Å². The molecule has 0 aromatic carbocycles. The summed E-state index contributed by atoms with van der Waals surface area (Å²) in [7, 11) is 0. The van der Waals surface area contributed by atoms with Crippen LogP contribution in [-0.2, 0) is 0 Å². The van der Waals surface area contributed by atoms with Crippen LogP contribution in [0.3, 0.4) is 0 Å². The average Bonchev–Trinajstić information content (AvgIpc) is 2.49. The highest BCUT2D eigenvalue weighted by Crippen LogP contribution is 2.05. The summed E-state index contributed by atoms with van der Waals surface area (Å²) in [6, 6.07) is 5.87. The zero-order valence-electron chi connectivity index (χ0n) is 8.41. The first kappa shape index (κ1) is 9.78. The third-order valence-electron chi connectivity index (χ3n) is 1.32. The van der Waals surface area contributed by atoms with Gasteiger partial charge in [-0.3, -0.25) is 4.98 Å². The second-order valence-corrected chi connectivity index (χ2v) is 3.65. The van der Waals surface area contributed by atoms with E-state index in [1.54, 1.807) is 6.20 Å². The zero-order chi connectivity index (χ0) is 9.68. The maximum atomic E-state index is 4.11. The van der Waals surface area contributed by atoms with Gasteiger partial charge in [-0.15, -0.1) is 0 Å². The van der Waals surface area contributed by atoms with Crippen LogP contribution < -0.4 is 0 Å². The highest BCUT2D eigenvalue weighted by Gasteiger charge is 1.88. The third-order valence-corrected chi connectivity index (χ3v) is 1.32. The largest absolute Gasteiger partial charge is 0.360 e. The lowest BCUT2D eigenvalue weighted by Crippen LogP contribution is -1.68. The Hall–Kier alpha value is -1.31. The first-order chi connectivity index (χ1) is 6.20. The van der Waals surface area contributed by atoms with Crippen molar-refractivity contribution in [2.45, 2.75) is 20.8 Å². The van der Waals surface area contributed by atoms with Gasteiger partial charge in [0.2, 0.25) is 0 Å². The lowest BCUT2D eigenvalue weighted by Gasteiger charge is -1.82. The smallest absolute Gasteiger partial charge is 0.0878 e. The van der Waals surface area contributed by atoms with Crippen molar-refractivity contribution in [1.29, 1.82) is 0 Å². The minimum Gasteiger partial charge on any atom is -0.360 e. The molecule has 0 amide bonds. The molecule has 2 heteroatoms. The highest BCUT2D eigenvalue weighted by molar-refractivity contribution is 5.73. The van der Waals surface area contributed by atoms with Gasteiger partial charge in [-0.2, -0.15) is 0 Å². The Morgan fingerprint density at radius 3 is 2.54 bits per heavy atom. The van der Waals surface area contributed by atoms with Crippen LogP contribution in [0.1, 0.15) is 20.8 Å². The minimum atomic E-state index is 0.833. The number of aromatic nitrogens is 2. The van der Waals surface area contributed by atoms with E-state index in [2.05, 4.69) is 30.7 Å². The summed E-state index contributed by atoms with van der Waals surface area (Å²) in [5, 5.41) is 0. The average molecular weight is 176 g/mol. The number of aromatic amines is 1. The van der Waals surface area contributed by atoms with Crippen molar-refractivity contribution in [3.8, 4) is 0 Å². The van der Waals surface area contributed by atoms with Crippen molar-refractivity contribution in [2.24, 2.45) is 5.92 Å². The number of pyridine rings is 1. The van der Waals surface area contributed by atoms with Crippen LogP contribution in [0, 0.1) is 5.92 Å². The molecule has 2 heterocycles. The van der Waals surface area contributed by atoms with Crippen LogP contribution >= 0.6 is 0 Å². The molecule has 0 aliphatic carbocycles. The predicted octanol–water partition coefficient (Wildman–Crippen LogP) is 3.23. The zero-order valence-corrected chi connectivity index (χ0v) is 8.41. The van der Waals surface area contributed by atoms with Gasteiger partial charge in [-0.25, -0.2) is 0 Å². The van der Waals surface area contributed by atoms with E-state index in [9.17, 15) is 0 Å². The predicted molar refractivity (Wildman–Crippen MR) is 56.6 cm³/mol. The molecule has 0 saturated heterocycles. The van der Waals surface area contributed by atoms with Crippen LogP contribution in [-0.4, -0.2) is 9.97 Å². The molecule has 0 spiro atoms. The van der Waals surface area contributed by atoms with E-state index in [0.29, 0.717) is 0 Å². The van der Waals surface area contributed by atoms with Crippen molar-refractivity contribution in [3.05, 3.63) is 30.6 Å². The van der Waals surface area contributed by atoms with Crippen LogP contribution in [0.15, 0.2) is 30.6 Å². The summed E-state index contributed by atoms with van der Waals surface area (Å²) in [6.45, 7) is 6.50. The molecular formula is C11H16N2. The normalized spacial score (nSPS) is 9.85. The van der Waals surface area contributed by atoms with E-state index >= 15 is 0 Å². The molecule has 70 valence electrons. The van der Waals surface area contributed by atoms with E-state index < -0.39 is 0 Å². The lowest BCUT2D eigenvalue weighted by atomic mass is 10.3. The molecule has 1 N–H and O–H groups in total. The molecule has 0 aliphatic heterocycles. The van der Waals surface area contributed by atoms with Crippen molar-refractivity contribution >= 4 is 11.0 Å². The Morgan fingerprint density at radius 1 is 1.23 bits per heavy atom. The van der Waals surface area contributed by atoms with E-state index in [1.807, 2.05) is 24.4 Å². The molecule has 13 heavy (non-hydrogen) atoms. The van der Waals surface area contributed by atoms with Crippen molar-refractivity contribution < 1.29 is 0 Å².